The lowest BCUT2D eigenvalue weighted by Gasteiger charge is -2.09. The summed E-state index contributed by atoms with van der Waals surface area (Å²) in [4.78, 5) is 2.36. The van der Waals surface area contributed by atoms with Gasteiger partial charge >= 0.3 is 0 Å². The lowest BCUT2D eigenvalue weighted by Crippen LogP contribution is -2.15. The van der Waals surface area contributed by atoms with Gasteiger partial charge in [0, 0.05) is 22.4 Å². The Morgan fingerprint density at radius 2 is 1.90 bits per heavy atom. The predicted molar refractivity (Wildman–Crippen MR) is 91.4 cm³/mol. The number of nitrogens with one attached hydrogen (secondary N) is 1. The molecule has 0 bridgehead atoms. The molecular weight excluding hydrogens is 298 g/mol. The summed E-state index contributed by atoms with van der Waals surface area (Å²) in [5.74, 6) is 0. The van der Waals surface area contributed by atoms with Crippen molar-refractivity contribution in [2.45, 2.75) is 49.1 Å². The highest BCUT2D eigenvalue weighted by atomic mass is 35.5. The number of aryl methyl sites for hydroxylation is 2. The number of hydrogen-bond donors (Lipinski definition) is 1. The van der Waals surface area contributed by atoms with Crippen LogP contribution in [0.3, 0.4) is 0 Å². The normalized spacial score (nSPS) is 14.4. The van der Waals surface area contributed by atoms with Crippen molar-refractivity contribution in [1.29, 1.82) is 0 Å². The molecule has 0 heterocycles. The third-order valence-corrected chi connectivity index (χ3v) is 5.36. The molecule has 110 valence electrons. The second kappa shape index (κ2) is 6.43. The third-order valence-electron chi connectivity index (χ3n) is 3.87. The van der Waals surface area contributed by atoms with E-state index in [1.54, 1.807) is 11.8 Å². The lowest BCUT2D eigenvalue weighted by atomic mass is 10.1. The Kier molecular flexibility index (Phi) is 4.58. The predicted octanol–water partition coefficient (Wildman–Crippen LogP) is 5.36. The molecule has 0 unspecified atom stereocenters. The van der Waals surface area contributed by atoms with E-state index in [1.165, 1.54) is 34.4 Å². The van der Waals surface area contributed by atoms with Crippen LogP contribution in [0.5, 0.6) is 0 Å². The van der Waals surface area contributed by atoms with Crippen molar-refractivity contribution in [3.63, 3.8) is 0 Å². The summed E-state index contributed by atoms with van der Waals surface area (Å²) in [6.45, 7) is 5.20. The molecule has 1 aliphatic rings. The number of halogens is 1. The summed E-state index contributed by atoms with van der Waals surface area (Å²) in [5.41, 5.74) is 3.91. The van der Waals surface area contributed by atoms with Gasteiger partial charge in [0.25, 0.3) is 0 Å². The standard InChI is InChI=1S/C18H20ClNS/c1-12-3-7-16(9-13(12)2)21-18-8-4-14(10-17(18)19)11-20-15-5-6-15/h3-4,7-10,15,20H,5-6,11H2,1-2H3. The van der Waals surface area contributed by atoms with Gasteiger partial charge in [-0.15, -0.1) is 0 Å². The lowest BCUT2D eigenvalue weighted by molar-refractivity contribution is 0.687. The van der Waals surface area contributed by atoms with Crippen molar-refractivity contribution in [1.82, 2.24) is 5.32 Å². The van der Waals surface area contributed by atoms with Crippen LogP contribution in [0.25, 0.3) is 0 Å². The molecule has 0 spiro atoms. The van der Waals surface area contributed by atoms with Gasteiger partial charge < -0.3 is 5.32 Å². The summed E-state index contributed by atoms with van der Waals surface area (Å²) in [5, 5.41) is 4.36. The van der Waals surface area contributed by atoms with Crippen LogP contribution in [-0.2, 0) is 6.54 Å². The molecule has 1 nitrogen and oxygen atoms in total. The van der Waals surface area contributed by atoms with Gasteiger partial charge in [0.1, 0.15) is 0 Å². The fourth-order valence-corrected chi connectivity index (χ4v) is 3.43. The van der Waals surface area contributed by atoms with E-state index >= 15 is 0 Å². The highest BCUT2D eigenvalue weighted by molar-refractivity contribution is 7.99. The zero-order valence-electron chi connectivity index (χ0n) is 12.4. The average molecular weight is 318 g/mol. The van der Waals surface area contributed by atoms with E-state index in [0.29, 0.717) is 0 Å². The molecule has 3 rings (SSSR count). The highest BCUT2D eigenvalue weighted by Gasteiger charge is 2.20. The van der Waals surface area contributed by atoms with Gasteiger partial charge in [-0.05, 0) is 67.6 Å². The van der Waals surface area contributed by atoms with Crippen LogP contribution in [0.4, 0.5) is 0 Å². The Morgan fingerprint density at radius 3 is 2.57 bits per heavy atom. The van der Waals surface area contributed by atoms with Crippen molar-refractivity contribution in [3.8, 4) is 0 Å². The van der Waals surface area contributed by atoms with Crippen molar-refractivity contribution in [2.75, 3.05) is 0 Å². The Morgan fingerprint density at radius 1 is 1.10 bits per heavy atom. The molecule has 2 aromatic carbocycles. The Balaban J connectivity index is 1.70. The third kappa shape index (κ3) is 4.03. The Bertz CT molecular complexity index is 650. The Hall–Kier alpha value is -0.960. The van der Waals surface area contributed by atoms with Crippen molar-refractivity contribution in [3.05, 3.63) is 58.1 Å². The quantitative estimate of drug-likeness (QED) is 0.796. The first kappa shape index (κ1) is 15.0. The van der Waals surface area contributed by atoms with Crippen LogP contribution >= 0.6 is 23.4 Å². The summed E-state index contributed by atoms with van der Waals surface area (Å²) in [6, 6.07) is 13.7. The summed E-state index contributed by atoms with van der Waals surface area (Å²) < 4.78 is 0. The van der Waals surface area contributed by atoms with E-state index in [-0.39, 0.29) is 0 Å². The summed E-state index contributed by atoms with van der Waals surface area (Å²) >= 11 is 8.16. The van der Waals surface area contributed by atoms with Gasteiger partial charge in [0.05, 0.1) is 5.02 Å². The van der Waals surface area contributed by atoms with Crippen LogP contribution in [0.1, 0.15) is 29.5 Å². The number of rotatable bonds is 5. The van der Waals surface area contributed by atoms with E-state index < -0.39 is 0 Å². The molecule has 0 atom stereocenters. The van der Waals surface area contributed by atoms with Crippen LogP contribution in [0.2, 0.25) is 5.02 Å². The van der Waals surface area contributed by atoms with Gasteiger partial charge in [0.15, 0.2) is 0 Å². The fourth-order valence-electron chi connectivity index (χ4n) is 2.19. The largest absolute Gasteiger partial charge is 0.310 e. The molecule has 0 aliphatic heterocycles. The minimum atomic E-state index is 0.730. The van der Waals surface area contributed by atoms with Gasteiger partial charge in [-0.25, -0.2) is 0 Å². The molecule has 2 aromatic rings. The molecule has 0 amide bonds. The average Bonchev–Trinajstić information content (AvgIpc) is 3.27. The maximum Gasteiger partial charge on any atom is 0.0548 e. The summed E-state index contributed by atoms with van der Waals surface area (Å²) in [6.07, 6.45) is 2.63. The molecule has 1 saturated carbocycles. The smallest absolute Gasteiger partial charge is 0.0548 e. The maximum absolute atomic E-state index is 6.43. The minimum absolute atomic E-state index is 0.730. The first-order valence-corrected chi connectivity index (χ1v) is 8.58. The second-order valence-electron chi connectivity index (χ2n) is 5.77. The topological polar surface area (TPSA) is 12.0 Å². The highest BCUT2D eigenvalue weighted by Crippen LogP contribution is 2.34. The van der Waals surface area contributed by atoms with Crippen molar-refractivity contribution >= 4 is 23.4 Å². The molecule has 0 radical (unpaired) electrons. The van der Waals surface area contributed by atoms with Crippen molar-refractivity contribution < 1.29 is 0 Å². The second-order valence-corrected chi connectivity index (χ2v) is 7.29. The molecule has 21 heavy (non-hydrogen) atoms. The molecular formula is C18H20ClNS. The van der Waals surface area contributed by atoms with E-state index in [2.05, 4.69) is 55.6 Å². The van der Waals surface area contributed by atoms with E-state index in [4.69, 9.17) is 11.6 Å². The van der Waals surface area contributed by atoms with Gasteiger partial charge in [-0.2, -0.15) is 0 Å². The first-order valence-electron chi connectivity index (χ1n) is 7.39. The molecule has 1 N–H and O–H groups in total. The zero-order chi connectivity index (χ0) is 14.8. The molecule has 1 aliphatic carbocycles. The van der Waals surface area contributed by atoms with E-state index in [0.717, 1.165) is 22.5 Å². The number of benzene rings is 2. The van der Waals surface area contributed by atoms with Crippen LogP contribution in [0, 0.1) is 13.8 Å². The minimum Gasteiger partial charge on any atom is -0.310 e. The molecule has 1 fully saturated rings. The summed E-state index contributed by atoms with van der Waals surface area (Å²) in [7, 11) is 0. The number of hydrogen-bond acceptors (Lipinski definition) is 2. The van der Waals surface area contributed by atoms with Crippen molar-refractivity contribution in [2.24, 2.45) is 0 Å². The molecule has 3 heteroatoms. The first-order chi connectivity index (χ1) is 10.1. The van der Waals surface area contributed by atoms with Gasteiger partial charge in [-0.3, -0.25) is 0 Å². The fraction of sp³-hybridized carbons (Fsp3) is 0.333. The molecule has 0 aromatic heterocycles. The monoisotopic (exact) mass is 317 g/mol. The van der Waals surface area contributed by atoms with Gasteiger partial charge in [0.2, 0.25) is 0 Å². The SMILES string of the molecule is Cc1ccc(Sc2ccc(CNC3CC3)cc2Cl)cc1C. The van der Waals surface area contributed by atoms with E-state index in [1.807, 2.05) is 0 Å². The van der Waals surface area contributed by atoms with E-state index in [9.17, 15) is 0 Å². The maximum atomic E-state index is 6.43. The van der Waals surface area contributed by atoms with Crippen LogP contribution in [-0.4, -0.2) is 6.04 Å². The molecule has 0 saturated heterocycles. The van der Waals surface area contributed by atoms with Crippen LogP contribution in [0.15, 0.2) is 46.2 Å². The zero-order valence-corrected chi connectivity index (χ0v) is 14.0. The van der Waals surface area contributed by atoms with Crippen LogP contribution < -0.4 is 5.32 Å². The van der Waals surface area contributed by atoms with Gasteiger partial charge in [-0.1, -0.05) is 35.5 Å². The Labute approximate surface area is 136 Å².